The first kappa shape index (κ1) is 8.56. The van der Waals surface area contributed by atoms with E-state index in [0.717, 1.165) is 30.3 Å². The minimum absolute atomic E-state index is 0.520. The molecule has 2 rings (SSSR count). The Kier molecular flexibility index (Phi) is 2.22. The standard InChI is InChI=1S/C9H15N3O/c1-13-6-7-9(10)12-5-3-2-4-8(12)11-7/h2-6,10H2,1H3. The van der Waals surface area contributed by atoms with Crippen LogP contribution >= 0.6 is 0 Å². The zero-order chi connectivity index (χ0) is 9.26. The van der Waals surface area contributed by atoms with Gasteiger partial charge in [-0.3, -0.25) is 0 Å². The Morgan fingerprint density at radius 2 is 2.38 bits per heavy atom. The molecule has 4 nitrogen and oxygen atoms in total. The van der Waals surface area contributed by atoms with Crippen molar-refractivity contribution in [2.24, 2.45) is 0 Å². The number of imidazole rings is 1. The van der Waals surface area contributed by atoms with Crippen molar-refractivity contribution in [3.63, 3.8) is 0 Å². The van der Waals surface area contributed by atoms with Gasteiger partial charge >= 0.3 is 0 Å². The molecule has 0 aliphatic carbocycles. The summed E-state index contributed by atoms with van der Waals surface area (Å²) in [5, 5.41) is 0. The number of rotatable bonds is 2. The lowest BCUT2D eigenvalue weighted by Crippen LogP contribution is -2.12. The Hall–Kier alpha value is -1.03. The van der Waals surface area contributed by atoms with Crippen molar-refractivity contribution in [3.8, 4) is 0 Å². The summed E-state index contributed by atoms with van der Waals surface area (Å²) in [5.41, 5.74) is 6.82. The second-order valence-corrected chi connectivity index (χ2v) is 3.40. The maximum absolute atomic E-state index is 5.93. The van der Waals surface area contributed by atoms with Crippen LogP contribution in [0.25, 0.3) is 0 Å². The Labute approximate surface area is 77.7 Å². The average Bonchev–Trinajstić information content (AvgIpc) is 2.46. The molecule has 1 aromatic rings. The van der Waals surface area contributed by atoms with Gasteiger partial charge in [0.15, 0.2) is 0 Å². The summed E-state index contributed by atoms with van der Waals surface area (Å²) >= 11 is 0. The molecule has 0 amide bonds. The van der Waals surface area contributed by atoms with Crippen LogP contribution in [0, 0.1) is 0 Å². The van der Waals surface area contributed by atoms with Gasteiger partial charge in [-0.1, -0.05) is 0 Å². The minimum Gasteiger partial charge on any atom is -0.383 e. The van der Waals surface area contributed by atoms with Gasteiger partial charge in [-0.15, -0.1) is 0 Å². The molecule has 2 N–H and O–H groups in total. The Balaban J connectivity index is 2.33. The predicted molar refractivity (Wildman–Crippen MR) is 50.3 cm³/mol. The molecule has 13 heavy (non-hydrogen) atoms. The van der Waals surface area contributed by atoms with E-state index in [0.29, 0.717) is 6.61 Å². The summed E-state index contributed by atoms with van der Waals surface area (Å²) < 4.78 is 7.14. The fraction of sp³-hybridized carbons (Fsp3) is 0.667. The van der Waals surface area contributed by atoms with Crippen molar-refractivity contribution >= 4 is 5.82 Å². The highest BCUT2D eigenvalue weighted by Gasteiger charge is 2.16. The molecule has 1 aliphatic rings. The van der Waals surface area contributed by atoms with E-state index in [-0.39, 0.29) is 0 Å². The molecule has 0 bridgehead atoms. The molecular weight excluding hydrogens is 166 g/mol. The van der Waals surface area contributed by atoms with Crippen molar-refractivity contribution in [2.45, 2.75) is 32.4 Å². The summed E-state index contributed by atoms with van der Waals surface area (Å²) in [7, 11) is 1.66. The summed E-state index contributed by atoms with van der Waals surface area (Å²) in [6, 6.07) is 0. The lowest BCUT2D eigenvalue weighted by atomic mass is 10.2. The highest BCUT2D eigenvalue weighted by Crippen LogP contribution is 2.21. The number of aromatic nitrogens is 2. The number of methoxy groups -OCH3 is 1. The number of ether oxygens (including phenoxy) is 1. The van der Waals surface area contributed by atoms with Gasteiger partial charge in [0.05, 0.1) is 6.61 Å². The summed E-state index contributed by atoms with van der Waals surface area (Å²) in [6.45, 7) is 1.53. The second kappa shape index (κ2) is 3.38. The molecule has 4 heteroatoms. The molecule has 0 unspecified atom stereocenters. The zero-order valence-electron chi connectivity index (χ0n) is 7.92. The van der Waals surface area contributed by atoms with Crippen LogP contribution in [-0.4, -0.2) is 16.7 Å². The third-order valence-electron chi connectivity index (χ3n) is 2.48. The van der Waals surface area contributed by atoms with E-state index in [1.165, 1.54) is 12.8 Å². The van der Waals surface area contributed by atoms with Crippen LogP contribution in [0.4, 0.5) is 5.82 Å². The SMILES string of the molecule is COCc1nc2n(c1N)CCCC2. The number of anilines is 1. The molecule has 0 atom stereocenters. The van der Waals surface area contributed by atoms with Crippen LogP contribution in [0.3, 0.4) is 0 Å². The third-order valence-corrected chi connectivity index (χ3v) is 2.48. The predicted octanol–water partition coefficient (Wildman–Crippen LogP) is 0.948. The van der Waals surface area contributed by atoms with Crippen LogP contribution in [0.15, 0.2) is 0 Å². The fourth-order valence-electron chi connectivity index (χ4n) is 1.80. The molecule has 0 fully saturated rings. The average molecular weight is 181 g/mol. The molecule has 1 aliphatic heterocycles. The highest BCUT2D eigenvalue weighted by molar-refractivity contribution is 5.38. The minimum atomic E-state index is 0.520. The number of nitrogens with two attached hydrogens (primary N) is 1. The maximum atomic E-state index is 5.93. The van der Waals surface area contributed by atoms with E-state index in [1.807, 2.05) is 0 Å². The van der Waals surface area contributed by atoms with Gasteiger partial charge in [-0.2, -0.15) is 0 Å². The number of aryl methyl sites for hydroxylation is 1. The van der Waals surface area contributed by atoms with E-state index in [4.69, 9.17) is 10.5 Å². The van der Waals surface area contributed by atoms with Crippen LogP contribution in [-0.2, 0) is 24.3 Å². The van der Waals surface area contributed by atoms with E-state index in [1.54, 1.807) is 7.11 Å². The summed E-state index contributed by atoms with van der Waals surface area (Å²) in [6.07, 6.45) is 3.48. The number of hydrogen-bond donors (Lipinski definition) is 1. The molecule has 72 valence electrons. The van der Waals surface area contributed by atoms with Gasteiger partial charge in [-0.25, -0.2) is 4.98 Å². The quantitative estimate of drug-likeness (QED) is 0.739. The first-order valence-corrected chi connectivity index (χ1v) is 4.65. The summed E-state index contributed by atoms with van der Waals surface area (Å²) in [4.78, 5) is 4.45. The van der Waals surface area contributed by atoms with Crippen LogP contribution < -0.4 is 5.73 Å². The van der Waals surface area contributed by atoms with Gasteiger partial charge in [0.25, 0.3) is 0 Å². The topological polar surface area (TPSA) is 53.1 Å². The Bertz CT molecular complexity index is 306. The number of nitrogens with zero attached hydrogens (tertiary/aromatic N) is 2. The molecule has 0 spiro atoms. The lowest BCUT2D eigenvalue weighted by molar-refractivity contribution is 0.182. The monoisotopic (exact) mass is 181 g/mol. The Morgan fingerprint density at radius 1 is 1.54 bits per heavy atom. The highest BCUT2D eigenvalue weighted by atomic mass is 16.5. The zero-order valence-corrected chi connectivity index (χ0v) is 7.92. The van der Waals surface area contributed by atoms with Crippen LogP contribution in [0.2, 0.25) is 0 Å². The molecule has 0 saturated heterocycles. The molecule has 0 radical (unpaired) electrons. The van der Waals surface area contributed by atoms with Crippen LogP contribution in [0.1, 0.15) is 24.4 Å². The van der Waals surface area contributed by atoms with E-state index in [9.17, 15) is 0 Å². The van der Waals surface area contributed by atoms with Crippen molar-refractivity contribution in [1.82, 2.24) is 9.55 Å². The first-order valence-electron chi connectivity index (χ1n) is 4.65. The van der Waals surface area contributed by atoms with Crippen molar-refractivity contribution < 1.29 is 4.74 Å². The molecule has 0 aromatic carbocycles. The van der Waals surface area contributed by atoms with Crippen molar-refractivity contribution in [1.29, 1.82) is 0 Å². The fourth-order valence-corrected chi connectivity index (χ4v) is 1.80. The molecular formula is C9H15N3O. The molecule has 2 heterocycles. The number of nitrogen functional groups attached to an aromatic ring is 1. The second-order valence-electron chi connectivity index (χ2n) is 3.40. The number of fused-ring (bicyclic) bond motifs is 1. The van der Waals surface area contributed by atoms with Gasteiger partial charge in [0, 0.05) is 20.1 Å². The van der Waals surface area contributed by atoms with E-state index in [2.05, 4.69) is 9.55 Å². The van der Waals surface area contributed by atoms with Gasteiger partial charge in [0.1, 0.15) is 17.3 Å². The van der Waals surface area contributed by atoms with Crippen molar-refractivity contribution in [2.75, 3.05) is 12.8 Å². The normalized spacial score (nSPS) is 15.8. The Morgan fingerprint density at radius 3 is 3.08 bits per heavy atom. The largest absolute Gasteiger partial charge is 0.383 e. The summed E-state index contributed by atoms with van der Waals surface area (Å²) in [5.74, 6) is 1.91. The van der Waals surface area contributed by atoms with Gasteiger partial charge < -0.3 is 15.0 Å². The maximum Gasteiger partial charge on any atom is 0.129 e. The van der Waals surface area contributed by atoms with Gasteiger partial charge in [0.2, 0.25) is 0 Å². The molecule has 0 saturated carbocycles. The van der Waals surface area contributed by atoms with Gasteiger partial charge in [-0.05, 0) is 12.8 Å². The lowest BCUT2D eigenvalue weighted by Gasteiger charge is -2.14. The third kappa shape index (κ3) is 1.42. The smallest absolute Gasteiger partial charge is 0.129 e. The first-order chi connectivity index (χ1) is 6.33. The van der Waals surface area contributed by atoms with E-state index < -0.39 is 0 Å². The number of hydrogen-bond acceptors (Lipinski definition) is 3. The molecule has 1 aromatic heterocycles. The van der Waals surface area contributed by atoms with Crippen LogP contribution in [0.5, 0.6) is 0 Å². The van der Waals surface area contributed by atoms with E-state index >= 15 is 0 Å². The van der Waals surface area contributed by atoms with Crippen molar-refractivity contribution in [3.05, 3.63) is 11.5 Å².